The highest BCUT2D eigenvalue weighted by Gasteiger charge is 2.10. The van der Waals surface area contributed by atoms with E-state index in [-0.39, 0.29) is 11.7 Å². The second-order valence-electron chi connectivity index (χ2n) is 3.41. The first-order chi connectivity index (χ1) is 6.63. The Labute approximate surface area is 83.2 Å². The van der Waals surface area contributed by atoms with Gasteiger partial charge in [-0.2, -0.15) is 0 Å². The summed E-state index contributed by atoms with van der Waals surface area (Å²) in [5, 5.41) is 2.90. The highest BCUT2D eigenvalue weighted by Crippen LogP contribution is 2.21. The summed E-state index contributed by atoms with van der Waals surface area (Å²) in [6.07, 6.45) is 7.91. The van der Waals surface area contributed by atoms with Crippen LogP contribution in [-0.2, 0) is 4.79 Å². The number of hydrogen-bond acceptors (Lipinski definition) is 3. The van der Waals surface area contributed by atoms with Gasteiger partial charge in [-0.25, -0.2) is 0 Å². The van der Waals surface area contributed by atoms with Gasteiger partial charge in [0, 0.05) is 12.3 Å². The Hall–Kier alpha value is -1.51. The summed E-state index contributed by atoms with van der Waals surface area (Å²) in [5.41, 5.74) is 1.26. The molecule has 1 aliphatic rings. The van der Waals surface area contributed by atoms with Gasteiger partial charge >= 0.3 is 0 Å². The first-order valence-electron chi connectivity index (χ1n) is 4.53. The number of nitroso groups, excluding NO2 is 1. The van der Waals surface area contributed by atoms with Crippen LogP contribution in [0.15, 0.2) is 40.8 Å². The topological polar surface area (TPSA) is 46.5 Å². The van der Waals surface area contributed by atoms with E-state index in [0.29, 0.717) is 12.1 Å². The number of allylic oxidation sites excluding steroid dienone is 6. The minimum atomic E-state index is 0.0635. The van der Waals surface area contributed by atoms with Crippen molar-refractivity contribution in [1.82, 2.24) is 0 Å². The van der Waals surface area contributed by atoms with Gasteiger partial charge in [0.1, 0.15) is 0 Å². The lowest BCUT2D eigenvalue weighted by Gasteiger charge is -2.10. The zero-order valence-electron chi connectivity index (χ0n) is 8.36. The van der Waals surface area contributed by atoms with Crippen molar-refractivity contribution in [1.29, 1.82) is 0 Å². The van der Waals surface area contributed by atoms with Crippen LogP contribution in [0.25, 0.3) is 0 Å². The third-order valence-corrected chi connectivity index (χ3v) is 2.23. The Balaban J connectivity index is 2.71. The van der Waals surface area contributed by atoms with Crippen LogP contribution in [0.2, 0.25) is 0 Å². The summed E-state index contributed by atoms with van der Waals surface area (Å²) in [5.74, 6) is 0.185. The summed E-state index contributed by atoms with van der Waals surface area (Å²) >= 11 is 0. The number of carbonyl (C=O) groups excluding carboxylic acids is 1. The molecule has 1 unspecified atom stereocenters. The fourth-order valence-electron chi connectivity index (χ4n) is 1.31. The van der Waals surface area contributed by atoms with Crippen molar-refractivity contribution in [2.45, 2.75) is 20.3 Å². The fraction of sp³-hybridized carbons (Fsp3) is 0.364. The zero-order valence-corrected chi connectivity index (χ0v) is 8.36. The zero-order chi connectivity index (χ0) is 10.6. The molecule has 0 aromatic heterocycles. The minimum absolute atomic E-state index is 0.0635. The molecule has 0 saturated heterocycles. The maximum absolute atomic E-state index is 11.0. The van der Waals surface area contributed by atoms with Crippen molar-refractivity contribution >= 4 is 5.78 Å². The third kappa shape index (κ3) is 2.76. The van der Waals surface area contributed by atoms with Crippen LogP contribution < -0.4 is 0 Å². The number of rotatable bonds is 3. The van der Waals surface area contributed by atoms with Crippen molar-refractivity contribution in [2.24, 2.45) is 11.1 Å². The maximum Gasteiger partial charge on any atom is 0.155 e. The normalized spacial score (nSPS) is 21.7. The van der Waals surface area contributed by atoms with E-state index in [0.717, 1.165) is 5.57 Å². The molecule has 1 atom stereocenters. The van der Waals surface area contributed by atoms with Crippen LogP contribution >= 0.6 is 0 Å². The van der Waals surface area contributed by atoms with Crippen molar-refractivity contribution in [3.05, 3.63) is 40.5 Å². The lowest BCUT2D eigenvalue weighted by atomic mass is 9.95. The summed E-state index contributed by atoms with van der Waals surface area (Å²) in [6.45, 7) is 3.32. The van der Waals surface area contributed by atoms with E-state index < -0.39 is 0 Å². The minimum Gasteiger partial charge on any atom is -0.295 e. The van der Waals surface area contributed by atoms with E-state index in [2.05, 4.69) is 5.18 Å². The standard InChI is InChI=1S/C11H13NO2/c1-8(9(2)13)6-10-4-3-5-11(7-10)12-14/h3-6,10H,7H2,1-2H3/b8-6+. The van der Waals surface area contributed by atoms with Gasteiger partial charge in [-0.1, -0.05) is 18.2 Å². The van der Waals surface area contributed by atoms with Crippen molar-refractivity contribution in [2.75, 3.05) is 0 Å². The molecule has 0 heterocycles. The molecule has 14 heavy (non-hydrogen) atoms. The fourth-order valence-corrected chi connectivity index (χ4v) is 1.31. The van der Waals surface area contributed by atoms with E-state index in [1.807, 2.05) is 12.2 Å². The third-order valence-electron chi connectivity index (χ3n) is 2.23. The molecule has 3 nitrogen and oxygen atoms in total. The Morgan fingerprint density at radius 1 is 1.57 bits per heavy atom. The van der Waals surface area contributed by atoms with Gasteiger partial charge in [0.05, 0.1) is 5.70 Å². The van der Waals surface area contributed by atoms with Crippen LogP contribution in [0.4, 0.5) is 0 Å². The number of hydrogen-bond donors (Lipinski definition) is 0. The van der Waals surface area contributed by atoms with Gasteiger partial charge in [-0.05, 0) is 30.7 Å². The van der Waals surface area contributed by atoms with Crippen LogP contribution in [0.5, 0.6) is 0 Å². The van der Waals surface area contributed by atoms with E-state index in [1.54, 1.807) is 19.1 Å². The van der Waals surface area contributed by atoms with Gasteiger partial charge in [0.2, 0.25) is 0 Å². The maximum atomic E-state index is 11.0. The highest BCUT2D eigenvalue weighted by molar-refractivity contribution is 5.92. The monoisotopic (exact) mass is 191 g/mol. The van der Waals surface area contributed by atoms with Gasteiger partial charge < -0.3 is 0 Å². The van der Waals surface area contributed by atoms with Gasteiger partial charge in [-0.15, -0.1) is 4.91 Å². The smallest absolute Gasteiger partial charge is 0.155 e. The van der Waals surface area contributed by atoms with Crippen molar-refractivity contribution < 1.29 is 4.79 Å². The van der Waals surface area contributed by atoms with Gasteiger partial charge in [-0.3, -0.25) is 4.79 Å². The molecule has 0 aliphatic heterocycles. The Morgan fingerprint density at radius 2 is 2.29 bits per heavy atom. The molecule has 0 bridgehead atoms. The molecule has 1 rings (SSSR count). The number of Topliss-reactive ketones (excluding diaryl/α,β-unsaturated/α-hetero) is 1. The molecule has 0 aromatic rings. The molecule has 0 aromatic carbocycles. The first kappa shape index (κ1) is 10.6. The van der Waals surface area contributed by atoms with Crippen LogP contribution in [0, 0.1) is 10.8 Å². The Morgan fingerprint density at radius 3 is 2.86 bits per heavy atom. The SMILES string of the molecule is CC(=O)/C(C)=C/C1C=CC=C(N=O)C1. The Kier molecular flexibility index (Phi) is 3.51. The highest BCUT2D eigenvalue weighted by atomic mass is 16.3. The number of ketones is 1. The molecular weight excluding hydrogens is 178 g/mol. The number of nitrogens with zero attached hydrogens (tertiary/aromatic N) is 1. The van der Waals surface area contributed by atoms with Gasteiger partial charge in [0.25, 0.3) is 0 Å². The summed E-state index contributed by atoms with van der Waals surface area (Å²) in [7, 11) is 0. The first-order valence-corrected chi connectivity index (χ1v) is 4.53. The molecule has 0 amide bonds. The summed E-state index contributed by atoms with van der Waals surface area (Å²) < 4.78 is 0. The number of carbonyl (C=O) groups is 1. The predicted octanol–water partition coefficient (Wildman–Crippen LogP) is 2.75. The molecule has 0 N–H and O–H groups in total. The average molecular weight is 191 g/mol. The molecule has 74 valence electrons. The molecule has 0 radical (unpaired) electrons. The van der Waals surface area contributed by atoms with E-state index in [1.165, 1.54) is 6.92 Å². The molecule has 3 heteroatoms. The predicted molar refractivity (Wildman–Crippen MR) is 55.6 cm³/mol. The second kappa shape index (κ2) is 4.65. The van der Waals surface area contributed by atoms with Crippen LogP contribution in [-0.4, -0.2) is 5.78 Å². The average Bonchev–Trinajstić information content (AvgIpc) is 2.18. The molecule has 0 fully saturated rings. The lowest BCUT2D eigenvalue weighted by Crippen LogP contribution is -2.01. The quantitative estimate of drug-likeness (QED) is 0.508. The van der Waals surface area contributed by atoms with Crippen molar-refractivity contribution in [3.8, 4) is 0 Å². The molecule has 0 spiro atoms. The van der Waals surface area contributed by atoms with E-state index >= 15 is 0 Å². The van der Waals surface area contributed by atoms with E-state index in [4.69, 9.17) is 0 Å². The largest absolute Gasteiger partial charge is 0.295 e. The lowest BCUT2D eigenvalue weighted by molar-refractivity contribution is -0.113. The summed E-state index contributed by atoms with van der Waals surface area (Å²) in [4.78, 5) is 21.3. The van der Waals surface area contributed by atoms with Crippen molar-refractivity contribution in [3.63, 3.8) is 0 Å². The second-order valence-corrected chi connectivity index (χ2v) is 3.41. The molecule has 1 aliphatic carbocycles. The summed E-state index contributed by atoms with van der Waals surface area (Å²) in [6, 6.07) is 0. The van der Waals surface area contributed by atoms with Crippen LogP contribution in [0.1, 0.15) is 20.3 Å². The van der Waals surface area contributed by atoms with E-state index in [9.17, 15) is 9.70 Å². The molecule has 0 saturated carbocycles. The Bertz CT molecular complexity index is 337. The molecular formula is C11H13NO2. The van der Waals surface area contributed by atoms with Crippen LogP contribution in [0.3, 0.4) is 0 Å². The van der Waals surface area contributed by atoms with Gasteiger partial charge in [0.15, 0.2) is 5.78 Å².